The van der Waals surface area contributed by atoms with Crippen LogP contribution in [0.5, 0.6) is 0 Å². The lowest BCUT2D eigenvalue weighted by molar-refractivity contribution is 0.0996. The van der Waals surface area contributed by atoms with Gasteiger partial charge in [-0.2, -0.15) is 4.98 Å². The van der Waals surface area contributed by atoms with Crippen molar-refractivity contribution in [1.82, 2.24) is 15.5 Å². The van der Waals surface area contributed by atoms with Gasteiger partial charge in [-0.1, -0.05) is 5.16 Å². The second-order valence-electron chi connectivity index (χ2n) is 5.55. The van der Waals surface area contributed by atoms with E-state index >= 15 is 0 Å². The molecular formula is C12H19N3O2. The van der Waals surface area contributed by atoms with Crippen LogP contribution in [-0.4, -0.2) is 29.4 Å². The Balaban J connectivity index is 1.81. The molecule has 3 rings (SSSR count). The molecule has 0 saturated carbocycles. The molecule has 0 aromatic carbocycles. The molecule has 3 unspecified atom stereocenters. The summed E-state index contributed by atoms with van der Waals surface area (Å²) in [5, 5.41) is 7.29. The molecule has 0 radical (unpaired) electrons. The van der Waals surface area contributed by atoms with Crippen molar-refractivity contribution in [2.45, 2.75) is 56.8 Å². The van der Waals surface area contributed by atoms with Crippen molar-refractivity contribution in [2.75, 3.05) is 7.05 Å². The predicted octanol–water partition coefficient (Wildman–Crippen LogP) is 1.56. The molecular weight excluding hydrogens is 218 g/mol. The molecule has 2 aliphatic rings. The van der Waals surface area contributed by atoms with Crippen molar-refractivity contribution in [3.05, 3.63) is 11.7 Å². The number of hydrogen-bond acceptors (Lipinski definition) is 5. The second-order valence-corrected chi connectivity index (χ2v) is 5.55. The largest absolute Gasteiger partial charge is 0.374 e. The summed E-state index contributed by atoms with van der Waals surface area (Å²) in [4.78, 5) is 4.53. The fourth-order valence-corrected chi connectivity index (χ4v) is 2.66. The number of hydrogen-bond donors (Lipinski definition) is 1. The van der Waals surface area contributed by atoms with Gasteiger partial charge in [-0.25, -0.2) is 0 Å². The zero-order chi connectivity index (χ0) is 12.0. The van der Waals surface area contributed by atoms with Gasteiger partial charge in [-0.05, 0) is 40.2 Å². The number of nitrogens with one attached hydrogen (secondary N) is 1. The van der Waals surface area contributed by atoms with Crippen LogP contribution in [0.1, 0.15) is 50.7 Å². The van der Waals surface area contributed by atoms with Crippen LogP contribution in [-0.2, 0) is 10.3 Å². The van der Waals surface area contributed by atoms with Gasteiger partial charge >= 0.3 is 0 Å². The monoisotopic (exact) mass is 237 g/mol. The lowest BCUT2D eigenvalue weighted by Gasteiger charge is -2.18. The Morgan fingerprint density at radius 1 is 1.35 bits per heavy atom. The van der Waals surface area contributed by atoms with E-state index in [0.717, 1.165) is 18.7 Å². The first-order chi connectivity index (χ1) is 8.10. The zero-order valence-electron chi connectivity index (χ0n) is 10.6. The molecule has 2 bridgehead atoms. The Morgan fingerprint density at radius 2 is 2.18 bits per heavy atom. The standard InChI is InChI=1S/C12H19N3O2/c1-12(2,13-3)11-14-10(15-17-11)8-6-7-4-5-9(8)16-7/h7-9,13H,4-6H2,1-3H3. The minimum absolute atomic E-state index is 0.274. The summed E-state index contributed by atoms with van der Waals surface area (Å²) in [5.74, 6) is 1.80. The maximum absolute atomic E-state index is 5.82. The van der Waals surface area contributed by atoms with Crippen molar-refractivity contribution in [2.24, 2.45) is 0 Å². The molecule has 5 heteroatoms. The minimum atomic E-state index is -0.274. The molecule has 0 aliphatic carbocycles. The molecule has 3 heterocycles. The van der Waals surface area contributed by atoms with E-state index in [1.165, 1.54) is 6.42 Å². The molecule has 0 amide bonds. The van der Waals surface area contributed by atoms with Gasteiger partial charge < -0.3 is 14.6 Å². The van der Waals surface area contributed by atoms with Crippen LogP contribution in [0.2, 0.25) is 0 Å². The second kappa shape index (κ2) is 3.78. The molecule has 1 aromatic rings. The molecule has 2 saturated heterocycles. The van der Waals surface area contributed by atoms with Crippen molar-refractivity contribution >= 4 is 0 Å². The van der Waals surface area contributed by atoms with E-state index in [0.29, 0.717) is 24.0 Å². The van der Waals surface area contributed by atoms with Crippen LogP contribution in [0.3, 0.4) is 0 Å². The van der Waals surface area contributed by atoms with E-state index in [1.54, 1.807) is 0 Å². The Labute approximate surface area is 101 Å². The molecule has 3 atom stereocenters. The molecule has 1 aromatic heterocycles. The van der Waals surface area contributed by atoms with Crippen molar-refractivity contribution in [1.29, 1.82) is 0 Å². The lowest BCUT2D eigenvalue weighted by atomic mass is 9.89. The zero-order valence-corrected chi connectivity index (χ0v) is 10.6. The topological polar surface area (TPSA) is 60.2 Å². The summed E-state index contributed by atoms with van der Waals surface area (Å²) in [6, 6.07) is 0. The fourth-order valence-electron chi connectivity index (χ4n) is 2.66. The molecule has 2 aliphatic heterocycles. The fraction of sp³-hybridized carbons (Fsp3) is 0.833. The average molecular weight is 237 g/mol. The van der Waals surface area contributed by atoms with Gasteiger partial charge in [0, 0.05) is 0 Å². The molecule has 5 nitrogen and oxygen atoms in total. The molecule has 17 heavy (non-hydrogen) atoms. The third-order valence-electron chi connectivity index (χ3n) is 4.04. The number of rotatable bonds is 3. The summed E-state index contributed by atoms with van der Waals surface area (Å²) in [7, 11) is 1.89. The molecule has 1 N–H and O–H groups in total. The van der Waals surface area contributed by atoms with Gasteiger partial charge in [0.05, 0.1) is 23.7 Å². The average Bonchev–Trinajstić information content (AvgIpc) is 3.03. The third kappa shape index (κ3) is 1.77. The smallest absolute Gasteiger partial charge is 0.246 e. The van der Waals surface area contributed by atoms with E-state index < -0.39 is 0 Å². The van der Waals surface area contributed by atoms with Gasteiger partial charge in [0.1, 0.15) is 0 Å². The highest BCUT2D eigenvalue weighted by Crippen LogP contribution is 2.43. The van der Waals surface area contributed by atoms with Crippen LogP contribution >= 0.6 is 0 Å². The molecule has 94 valence electrons. The summed E-state index contributed by atoms with van der Waals surface area (Å²) in [6.07, 6.45) is 4.10. The summed E-state index contributed by atoms with van der Waals surface area (Å²) in [6.45, 7) is 4.06. The van der Waals surface area contributed by atoms with Crippen molar-refractivity contribution in [3.63, 3.8) is 0 Å². The summed E-state index contributed by atoms with van der Waals surface area (Å²) in [5.41, 5.74) is -0.274. The Kier molecular flexibility index (Phi) is 2.48. The highest BCUT2D eigenvalue weighted by Gasteiger charge is 2.44. The van der Waals surface area contributed by atoms with Crippen molar-refractivity contribution in [3.8, 4) is 0 Å². The van der Waals surface area contributed by atoms with E-state index in [4.69, 9.17) is 9.26 Å². The van der Waals surface area contributed by atoms with Gasteiger partial charge in [0.2, 0.25) is 5.89 Å². The normalized spacial score (nSPS) is 32.3. The Bertz CT molecular complexity index is 416. The Morgan fingerprint density at radius 3 is 2.76 bits per heavy atom. The van der Waals surface area contributed by atoms with E-state index in [9.17, 15) is 0 Å². The van der Waals surface area contributed by atoms with Crippen molar-refractivity contribution < 1.29 is 9.26 Å². The third-order valence-corrected chi connectivity index (χ3v) is 4.04. The number of aromatic nitrogens is 2. The molecule has 0 spiro atoms. The first-order valence-corrected chi connectivity index (χ1v) is 6.28. The summed E-state index contributed by atoms with van der Waals surface area (Å²) < 4.78 is 11.2. The van der Waals surface area contributed by atoms with E-state index in [2.05, 4.69) is 15.5 Å². The number of nitrogens with zero attached hydrogens (tertiary/aromatic N) is 2. The van der Waals surface area contributed by atoms with Crippen LogP contribution in [0, 0.1) is 0 Å². The minimum Gasteiger partial charge on any atom is -0.374 e. The van der Waals surface area contributed by atoms with Gasteiger partial charge in [0.15, 0.2) is 5.82 Å². The van der Waals surface area contributed by atoms with Crippen LogP contribution < -0.4 is 5.32 Å². The number of fused-ring (bicyclic) bond motifs is 2. The SMILES string of the molecule is CNC(C)(C)c1nc(C2CC3CCC2O3)no1. The lowest BCUT2D eigenvalue weighted by Crippen LogP contribution is -2.33. The maximum Gasteiger partial charge on any atom is 0.246 e. The Hall–Kier alpha value is -0.940. The highest BCUT2D eigenvalue weighted by atomic mass is 16.5. The number of ether oxygens (including phenoxy) is 1. The summed E-state index contributed by atoms with van der Waals surface area (Å²) >= 11 is 0. The van der Waals surface area contributed by atoms with E-state index in [-0.39, 0.29) is 5.54 Å². The van der Waals surface area contributed by atoms with Crippen LogP contribution in [0.4, 0.5) is 0 Å². The van der Waals surface area contributed by atoms with Gasteiger partial charge in [-0.15, -0.1) is 0 Å². The van der Waals surface area contributed by atoms with Crippen LogP contribution in [0.15, 0.2) is 4.52 Å². The van der Waals surface area contributed by atoms with Crippen LogP contribution in [0.25, 0.3) is 0 Å². The highest BCUT2D eigenvalue weighted by molar-refractivity contribution is 5.09. The van der Waals surface area contributed by atoms with Gasteiger partial charge in [-0.3, -0.25) is 0 Å². The first-order valence-electron chi connectivity index (χ1n) is 6.28. The molecule has 2 fully saturated rings. The predicted molar refractivity (Wildman–Crippen MR) is 61.6 cm³/mol. The first kappa shape index (κ1) is 11.2. The quantitative estimate of drug-likeness (QED) is 0.864. The maximum atomic E-state index is 5.82. The van der Waals surface area contributed by atoms with E-state index in [1.807, 2.05) is 20.9 Å². The van der Waals surface area contributed by atoms with Gasteiger partial charge in [0.25, 0.3) is 0 Å².